The number of anilines is 1. The average molecular weight is 529 g/mol. The molecule has 1 atom stereocenters. The highest BCUT2D eigenvalue weighted by atomic mass is 16.5. The molecule has 0 aliphatic carbocycles. The molecule has 2 aliphatic rings. The number of carbonyl (C=O) groups excluding carboxylic acids is 3. The van der Waals surface area contributed by atoms with Gasteiger partial charge in [0.2, 0.25) is 0 Å². The summed E-state index contributed by atoms with van der Waals surface area (Å²) in [4.78, 5) is 42.1. The number of amides is 1. The van der Waals surface area contributed by atoms with Gasteiger partial charge in [-0.3, -0.25) is 9.59 Å². The number of benzene rings is 3. The molecule has 0 radical (unpaired) electrons. The number of rotatable bonds is 6. The van der Waals surface area contributed by atoms with Crippen molar-refractivity contribution in [3.63, 3.8) is 0 Å². The van der Waals surface area contributed by atoms with E-state index in [4.69, 9.17) is 14.2 Å². The molecule has 9 heteroatoms. The van der Waals surface area contributed by atoms with Gasteiger partial charge in [-0.15, -0.1) is 0 Å². The lowest BCUT2D eigenvalue weighted by atomic mass is 9.94. The van der Waals surface area contributed by atoms with E-state index in [9.17, 15) is 19.5 Å². The van der Waals surface area contributed by atoms with Crippen molar-refractivity contribution >= 4 is 29.1 Å². The molecule has 9 nitrogen and oxygen atoms in total. The van der Waals surface area contributed by atoms with Crippen LogP contribution in [0.1, 0.15) is 33.1 Å². The number of aliphatic hydroxyl groups excluding tert-OH is 1. The first kappa shape index (κ1) is 25.8. The minimum Gasteiger partial charge on any atom is -0.507 e. The average Bonchev–Trinajstić information content (AvgIpc) is 3.21. The molecular formula is C30H28N2O7. The Hall–Kier alpha value is -4.79. The lowest BCUT2D eigenvalue weighted by Crippen LogP contribution is -2.29. The summed E-state index contributed by atoms with van der Waals surface area (Å²) in [6, 6.07) is 18.0. The monoisotopic (exact) mass is 528 g/mol. The molecule has 1 unspecified atom stereocenters. The molecule has 39 heavy (non-hydrogen) atoms. The van der Waals surface area contributed by atoms with E-state index in [1.807, 2.05) is 11.9 Å². The Kier molecular flexibility index (Phi) is 6.98. The fraction of sp³-hybridized carbons (Fsp3) is 0.233. The standard InChI is InChI=1S/C30H28N2O7/c1-31-14-15-39-24-13-10-21(16-23(24)31)27(33)25-26(19-8-11-22(37-2)12-9-19)32(29(35)28(25)34)17-18-4-6-20(7-5-18)30(36)38-3/h4-13,16,26,33H,14-15,17H2,1-3H3/b27-25-. The number of methoxy groups -OCH3 is 2. The maximum absolute atomic E-state index is 13.4. The zero-order valence-corrected chi connectivity index (χ0v) is 21.8. The summed E-state index contributed by atoms with van der Waals surface area (Å²) in [5.74, 6) is -0.940. The van der Waals surface area contributed by atoms with Crippen LogP contribution in [-0.4, -0.2) is 62.1 Å². The quantitative estimate of drug-likeness (QED) is 0.222. The van der Waals surface area contributed by atoms with Gasteiger partial charge in [0.25, 0.3) is 11.7 Å². The van der Waals surface area contributed by atoms with Gasteiger partial charge < -0.3 is 29.1 Å². The summed E-state index contributed by atoms with van der Waals surface area (Å²) >= 11 is 0. The Bertz CT molecular complexity index is 1460. The third-order valence-corrected chi connectivity index (χ3v) is 7.03. The first-order valence-electron chi connectivity index (χ1n) is 12.4. The number of hydrogen-bond acceptors (Lipinski definition) is 8. The van der Waals surface area contributed by atoms with Crippen molar-refractivity contribution in [2.75, 3.05) is 39.3 Å². The molecule has 2 aliphatic heterocycles. The van der Waals surface area contributed by atoms with Crippen molar-refractivity contribution in [3.8, 4) is 11.5 Å². The van der Waals surface area contributed by atoms with E-state index in [0.29, 0.717) is 46.9 Å². The van der Waals surface area contributed by atoms with Crippen molar-refractivity contribution in [2.45, 2.75) is 12.6 Å². The number of ketones is 1. The maximum atomic E-state index is 13.4. The first-order valence-corrected chi connectivity index (χ1v) is 12.4. The number of ether oxygens (including phenoxy) is 3. The molecule has 3 aromatic carbocycles. The Labute approximate surface area is 225 Å². The number of hydrogen-bond donors (Lipinski definition) is 1. The number of likely N-dealkylation sites (tertiary alicyclic amines) is 1. The van der Waals surface area contributed by atoms with Gasteiger partial charge in [0.1, 0.15) is 23.9 Å². The third kappa shape index (κ3) is 4.79. The molecule has 5 rings (SSSR count). The number of aliphatic hydroxyl groups is 1. The molecule has 1 amide bonds. The largest absolute Gasteiger partial charge is 0.507 e. The highest BCUT2D eigenvalue weighted by Crippen LogP contribution is 2.42. The Balaban J connectivity index is 1.58. The summed E-state index contributed by atoms with van der Waals surface area (Å²) in [6.07, 6.45) is 0. The van der Waals surface area contributed by atoms with E-state index in [1.165, 1.54) is 12.0 Å². The van der Waals surface area contributed by atoms with E-state index in [1.54, 1.807) is 73.8 Å². The fourth-order valence-electron chi connectivity index (χ4n) is 4.89. The first-order chi connectivity index (χ1) is 18.8. The van der Waals surface area contributed by atoms with Gasteiger partial charge in [0, 0.05) is 19.2 Å². The second kappa shape index (κ2) is 10.5. The van der Waals surface area contributed by atoms with Gasteiger partial charge >= 0.3 is 5.97 Å². The summed E-state index contributed by atoms with van der Waals surface area (Å²) in [5.41, 5.74) is 2.90. The zero-order chi connectivity index (χ0) is 27.7. The highest BCUT2D eigenvalue weighted by molar-refractivity contribution is 6.46. The fourth-order valence-corrected chi connectivity index (χ4v) is 4.89. The predicted octanol–water partition coefficient (Wildman–Crippen LogP) is 3.93. The smallest absolute Gasteiger partial charge is 0.337 e. The maximum Gasteiger partial charge on any atom is 0.337 e. The van der Waals surface area contributed by atoms with Crippen LogP contribution in [-0.2, 0) is 20.9 Å². The Morgan fingerprint density at radius 2 is 1.69 bits per heavy atom. The van der Waals surface area contributed by atoms with Crippen LogP contribution in [0.15, 0.2) is 72.3 Å². The lowest BCUT2D eigenvalue weighted by molar-refractivity contribution is -0.140. The van der Waals surface area contributed by atoms with Crippen molar-refractivity contribution in [1.29, 1.82) is 0 Å². The molecular weight excluding hydrogens is 500 g/mol. The molecule has 1 saturated heterocycles. The number of fused-ring (bicyclic) bond motifs is 1. The van der Waals surface area contributed by atoms with E-state index in [0.717, 1.165) is 5.69 Å². The van der Waals surface area contributed by atoms with Gasteiger partial charge in [0.15, 0.2) is 0 Å². The second-order valence-corrected chi connectivity index (χ2v) is 9.34. The van der Waals surface area contributed by atoms with Gasteiger partial charge in [-0.05, 0) is 53.6 Å². The van der Waals surface area contributed by atoms with Crippen LogP contribution in [0.5, 0.6) is 11.5 Å². The van der Waals surface area contributed by atoms with Gasteiger partial charge in [-0.2, -0.15) is 0 Å². The van der Waals surface area contributed by atoms with Crippen molar-refractivity contribution in [2.24, 2.45) is 0 Å². The van der Waals surface area contributed by atoms with Crippen molar-refractivity contribution in [1.82, 2.24) is 4.90 Å². The van der Waals surface area contributed by atoms with Crippen molar-refractivity contribution in [3.05, 3.63) is 94.6 Å². The predicted molar refractivity (Wildman–Crippen MR) is 144 cm³/mol. The number of esters is 1. The SMILES string of the molecule is COC(=O)c1ccc(CN2C(=O)C(=O)/C(=C(\O)c3ccc4c(c3)N(C)CCO4)C2c2ccc(OC)cc2)cc1. The van der Waals surface area contributed by atoms with Crippen LogP contribution >= 0.6 is 0 Å². The normalized spacial score (nSPS) is 18.0. The molecule has 1 N–H and O–H groups in total. The number of likely N-dealkylation sites (N-methyl/N-ethyl adjacent to an activating group) is 1. The lowest BCUT2D eigenvalue weighted by Gasteiger charge is -2.28. The molecule has 0 spiro atoms. The highest BCUT2D eigenvalue weighted by Gasteiger charge is 2.46. The molecule has 0 saturated carbocycles. The number of nitrogens with zero attached hydrogens (tertiary/aromatic N) is 2. The van der Waals surface area contributed by atoms with Crippen molar-refractivity contribution < 1.29 is 33.7 Å². The third-order valence-electron chi connectivity index (χ3n) is 7.03. The topological polar surface area (TPSA) is 106 Å². The van der Waals surface area contributed by atoms with Crippen LogP contribution in [0.4, 0.5) is 5.69 Å². The molecule has 200 valence electrons. The molecule has 0 bridgehead atoms. The van der Waals surface area contributed by atoms with Crippen LogP contribution in [0.2, 0.25) is 0 Å². The van der Waals surface area contributed by atoms with E-state index >= 15 is 0 Å². The van der Waals surface area contributed by atoms with Gasteiger partial charge in [-0.1, -0.05) is 24.3 Å². The number of Topliss-reactive ketones (excluding diaryl/α,β-unsaturated/α-hetero) is 1. The Morgan fingerprint density at radius 3 is 2.36 bits per heavy atom. The van der Waals surface area contributed by atoms with E-state index in [-0.39, 0.29) is 17.9 Å². The zero-order valence-electron chi connectivity index (χ0n) is 21.8. The van der Waals surface area contributed by atoms with E-state index < -0.39 is 23.7 Å². The molecule has 0 aromatic heterocycles. The Morgan fingerprint density at radius 1 is 1.00 bits per heavy atom. The minimum atomic E-state index is -0.846. The molecule has 1 fully saturated rings. The van der Waals surface area contributed by atoms with Crippen LogP contribution in [0.25, 0.3) is 5.76 Å². The van der Waals surface area contributed by atoms with Gasteiger partial charge in [0.05, 0.1) is 43.6 Å². The minimum absolute atomic E-state index is 0.00400. The second-order valence-electron chi connectivity index (χ2n) is 9.34. The summed E-state index contributed by atoms with van der Waals surface area (Å²) in [5, 5.41) is 11.5. The molecule has 3 aromatic rings. The number of carbonyl (C=O) groups is 3. The van der Waals surface area contributed by atoms with Crippen LogP contribution < -0.4 is 14.4 Å². The summed E-state index contributed by atoms with van der Waals surface area (Å²) in [7, 11) is 4.78. The van der Waals surface area contributed by atoms with Crippen LogP contribution in [0, 0.1) is 0 Å². The summed E-state index contributed by atoms with van der Waals surface area (Å²) < 4.78 is 15.7. The molecule has 2 heterocycles. The summed E-state index contributed by atoms with van der Waals surface area (Å²) in [6.45, 7) is 1.32. The van der Waals surface area contributed by atoms with Crippen LogP contribution in [0.3, 0.4) is 0 Å². The van der Waals surface area contributed by atoms with Gasteiger partial charge in [-0.25, -0.2) is 4.79 Å². The van der Waals surface area contributed by atoms with E-state index in [2.05, 4.69) is 0 Å².